The smallest absolute Gasteiger partial charge is 0.00725 e. The van der Waals surface area contributed by atoms with E-state index in [0.717, 1.165) is 17.9 Å². The van der Waals surface area contributed by atoms with Gasteiger partial charge in [0.1, 0.15) is 0 Å². The lowest BCUT2D eigenvalue weighted by molar-refractivity contribution is 0.168. The van der Waals surface area contributed by atoms with Gasteiger partial charge in [-0.2, -0.15) is 0 Å². The molecule has 102 valence electrons. The van der Waals surface area contributed by atoms with E-state index in [1.807, 2.05) is 0 Å². The predicted molar refractivity (Wildman–Crippen MR) is 76.4 cm³/mol. The summed E-state index contributed by atoms with van der Waals surface area (Å²) in [7, 11) is 2.22. The van der Waals surface area contributed by atoms with Crippen LogP contribution < -0.4 is 5.32 Å². The molecule has 1 N–H and O–H groups in total. The standard InChI is InChI=1S/C15H32N2/c1-12(2)14-10-15(11-14)16-8-6-7-9-17(5)13(3)4/h12-16H,6-11H2,1-5H3. The predicted octanol–water partition coefficient (Wildman–Crippen LogP) is 3.13. The third-order valence-corrected chi connectivity index (χ3v) is 4.37. The minimum atomic E-state index is 0.682. The Kier molecular flexibility index (Phi) is 6.50. The molecule has 0 bridgehead atoms. The zero-order valence-electron chi connectivity index (χ0n) is 12.5. The molecule has 0 radical (unpaired) electrons. The summed E-state index contributed by atoms with van der Waals surface area (Å²) in [6.45, 7) is 11.7. The van der Waals surface area contributed by atoms with Gasteiger partial charge in [-0.15, -0.1) is 0 Å². The fraction of sp³-hybridized carbons (Fsp3) is 1.00. The van der Waals surface area contributed by atoms with Crippen molar-refractivity contribution in [3.05, 3.63) is 0 Å². The summed E-state index contributed by atoms with van der Waals surface area (Å²) in [6, 6.07) is 1.51. The number of nitrogens with zero attached hydrogens (tertiary/aromatic N) is 1. The molecule has 1 aliphatic carbocycles. The minimum absolute atomic E-state index is 0.682. The zero-order chi connectivity index (χ0) is 12.8. The minimum Gasteiger partial charge on any atom is -0.314 e. The van der Waals surface area contributed by atoms with Crippen LogP contribution in [-0.4, -0.2) is 37.1 Å². The van der Waals surface area contributed by atoms with Gasteiger partial charge in [0, 0.05) is 12.1 Å². The molecule has 0 spiro atoms. The van der Waals surface area contributed by atoms with E-state index in [2.05, 4.69) is 45.0 Å². The Labute approximate surface area is 108 Å². The van der Waals surface area contributed by atoms with Crippen molar-refractivity contribution in [3.8, 4) is 0 Å². The molecule has 1 saturated carbocycles. The molecule has 1 fully saturated rings. The number of rotatable bonds is 8. The first-order valence-electron chi connectivity index (χ1n) is 7.44. The summed E-state index contributed by atoms with van der Waals surface area (Å²) < 4.78 is 0. The van der Waals surface area contributed by atoms with Crippen LogP contribution in [0.3, 0.4) is 0 Å². The first-order chi connectivity index (χ1) is 8.00. The molecule has 17 heavy (non-hydrogen) atoms. The normalized spacial score (nSPS) is 24.7. The van der Waals surface area contributed by atoms with Crippen LogP contribution in [-0.2, 0) is 0 Å². The summed E-state index contributed by atoms with van der Waals surface area (Å²) in [5.41, 5.74) is 0. The van der Waals surface area contributed by atoms with Gasteiger partial charge < -0.3 is 10.2 Å². The van der Waals surface area contributed by atoms with Crippen LogP contribution in [0, 0.1) is 11.8 Å². The highest BCUT2D eigenvalue weighted by atomic mass is 15.1. The molecule has 0 heterocycles. The average Bonchev–Trinajstić information content (AvgIpc) is 2.18. The Balaban J connectivity index is 1.89. The number of hydrogen-bond donors (Lipinski definition) is 1. The first-order valence-corrected chi connectivity index (χ1v) is 7.44. The molecule has 0 aliphatic heterocycles. The van der Waals surface area contributed by atoms with E-state index < -0.39 is 0 Å². The molecule has 0 aromatic rings. The molecule has 0 aromatic carbocycles. The summed E-state index contributed by atoms with van der Waals surface area (Å²) in [5.74, 6) is 1.87. The van der Waals surface area contributed by atoms with Crippen molar-refractivity contribution in [3.63, 3.8) is 0 Å². The molecular formula is C15H32N2. The third-order valence-electron chi connectivity index (χ3n) is 4.37. The fourth-order valence-electron chi connectivity index (χ4n) is 2.42. The largest absolute Gasteiger partial charge is 0.314 e. The van der Waals surface area contributed by atoms with Crippen molar-refractivity contribution in [1.29, 1.82) is 0 Å². The second-order valence-corrected chi connectivity index (χ2v) is 6.41. The van der Waals surface area contributed by atoms with Crippen molar-refractivity contribution in [2.75, 3.05) is 20.1 Å². The number of hydrogen-bond acceptors (Lipinski definition) is 2. The van der Waals surface area contributed by atoms with E-state index in [4.69, 9.17) is 0 Å². The van der Waals surface area contributed by atoms with E-state index in [1.54, 1.807) is 0 Å². The summed E-state index contributed by atoms with van der Waals surface area (Å²) in [5, 5.41) is 3.69. The highest BCUT2D eigenvalue weighted by Gasteiger charge is 2.30. The molecule has 0 saturated heterocycles. The van der Waals surface area contributed by atoms with E-state index >= 15 is 0 Å². The quantitative estimate of drug-likeness (QED) is 0.656. The van der Waals surface area contributed by atoms with Crippen LogP contribution >= 0.6 is 0 Å². The molecule has 0 amide bonds. The van der Waals surface area contributed by atoms with E-state index in [0.29, 0.717) is 6.04 Å². The lowest BCUT2D eigenvalue weighted by Gasteiger charge is -2.38. The van der Waals surface area contributed by atoms with Gasteiger partial charge >= 0.3 is 0 Å². The second kappa shape index (κ2) is 7.38. The third kappa shape index (κ3) is 5.39. The monoisotopic (exact) mass is 240 g/mol. The van der Waals surface area contributed by atoms with Crippen LogP contribution in [0.25, 0.3) is 0 Å². The Morgan fingerprint density at radius 3 is 2.29 bits per heavy atom. The summed E-state index contributed by atoms with van der Waals surface area (Å²) in [6.07, 6.45) is 5.45. The summed E-state index contributed by atoms with van der Waals surface area (Å²) in [4.78, 5) is 2.43. The molecule has 0 atom stereocenters. The van der Waals surface area contributed by atoms with Gasteiger partial charge in [0.2, 0.25) is 0 Å². The van der Waals surface area contributed by atoms with Crippen molar-refractivity contribution in [2.45, 2.75) is 65.5 Å². The van der Waals surface area contributed by atoms with Crippen LogP contribution in [0.1, 0.15) is 53.4 Å². The lowest BCUT2D eigenvalue weighted by atomic mass is 9.74. The molecule has 1 aliphatic rings. The summed E-state index contributed by atoms with van der Waals surface area (Å²) >= 11 is 0. The second-order valence-electron chi connectivity index (χ2n) is 6.41. The molecule has 1 rings (SSSR count). The molecule has 0 unspecified atom stereocenters. The van der Waals surface area contributed by atoms with Gasteiger partial charge in [-0.1, -0.05) is 13.8 Å². The van der Waals surface area contributed by atoms with E-state index in [-0.39, 0.29) is 0 Å². The average molecular weight is 240 g/mol. The molecule has 2 heteroatoms. The van der Waals surface area contributed by atoms with Crippen LogP contribution in [0.15, 0.2) is 0 Å². The van der Waals surface area contributed by atoms with Gasteiger partial charge in [-0.25, -0.2) is 0 Å². The Bertz CT molecular complexity index is 195. The maximum absolute atomic E-state index is 3.69. The zero-order valence-corrected chi connectivity index (χ0v) is 12.5. The van der Waals surface area contributed by atoms with Gasteiger partial charge in [-0.05, 0) is 71.5 Å². The van der Waals surface area contributed by atoms with Gasteiger partial charge in [0.25, 0.3) is 0 Å². The SMILES string of the molecule is CC(C)C1CC(NCCCCN(C)C(C)C)C1. The molecular weight excluding hydrogens is 208 g/mol. The Morgan fingerprint density at radius 1 is 1.12 bits per heavy atom. The van der Waals surface area contributed by atoms with Crippen molar-refractivity contribution < 1.29 is 0 Å². The highest BCUT2D eigenvalue weighted by Crippen LogP contribution is 2.33. The van der Waals surface area contributed by atoms with Crippen LogP contribution in [0.5, 0.6) is 0 Å². The van der Waals surface area contributed by atoms with Crippen molar-refractivity contribution in [2.24, 2.45) is 11.8 Å². The Morgan fingerprint density at radius 2 is 1.76 bits per heavy atom. The Hall–Kier alpha value is -0.0800. The first kappa shape index (κ1) is 15.0. The van der Waals surface area contributed by atoms with Crippen molar-refractivity contribution in [1.82, 2.24) is 10.2 Å². The fourth-order valence-corrected chi connectivity index (χ4v) is 2.42. The van der Waals surface area contributed by atoms with Gasteiger partial charge in [0.15, 0.2) is 0 Å². The van der Waals surface area contributed by atoms with Gasteiger partial charge in [0.05, 0.1) is 0 Å². The topological polar surface area (TPSA) is 15.3 Å². The highest BCUT2D eigenvalue weighted by molar-refractivity contribution is 4.86. The molecule has 0 aromatic heterocycles. The molecule has 2 nitrogen and oxygen atoms in total. The maximum atomic E-state index is 3.69. The van der Waals surface area contributed by atoms with Crippen LogP contribution in [0.2, 0.25) is 0 Å². The van der Waals surface area contributed by atoms with Crippen LogP contribution in [0.4, 0.5) is 0 Å². The number of nitrogens with one attached hydrogen (secondary N) is 1. The van der Waals surface area contributed by atoms with Gasteiger partial charge in [-0.3, -0.25) is 0 Å². The van der Waals surface area contributed by atoms with Crippen molar-refractivity contribution >= 4 is 0 Å². The lowest BCUT2D eigenvalue weighted by Crippen LogP contribution is -2.43. The van der Waals surface area contributed by atoms with E-state index in [1.165, 1.54) is 38.8 Å². The maximum Gasteiger partial charge on any atom is 0.00725 e. The number of unbranched alkanes of at least 4 members (excludes halogenated alkanes) is 1. The van der Waals surface area contributed by atoms with E-state index in [9.17, 15) is 0 Å².